The highest BCUT2D eigenvalue weighted by molar-refractivity contribution is 5.82. The van der Waals surface area contributed by atoms with Crippen LogP contribution >= 0.6 is 0 Å². The molecular formula is C7H10N4O3. The Labute approximate surface area is 79.2 Å². The van der Waals surface area contributed by atoms with E-state index in [0.717, 1.165) is 21.6 Å². The summed E-state index contributed by atoms with van der Waals surface area (Å²) in [6.07, 6.45) is 1.87. The second-order valence-electron chi connectivity index (χ2n) is 2.90. The predicted molar refractivity (Wildman–Crippen MR) is 47.6 cm³/mol. The van der Waals surface area contributed by atoms with E-state index in [1.165, 1.54) is 0 Å². The number of carboxylic acid groups (broad SMARTS) is 1. The molecule has 0 atom stereocenters. The largest absolute Gasteiger partial charge is 0.478 e. The molecule has 0 radical (unpaired) electrons. The van der Waals surface area contributed by atoms with Crippen molar-refractivity contribution in [3.63, 3.8) is 0 Å². The third-order valence-corrected chi connectivity index (χ3v) is 1.47. The van der Waals surface area contributed by atoms with Crippen LogP contribution in [0.1, 0.15) is 19.9 Å². The Hall–Kier alpha value is -1.92. The first kappa shape index (κ1) is 10.2. The summed E-state index contributed by atoms with van der Waals surface area (Å²) in [4.78, 5) is 21.5. The fourth-order valence-corrected chi connectivity index (χ4v) is 0.820. The molecule has 1 rings (SSSR count). The maximum absolute atomic E-state index is 11.4. The molecule has 0 saturated heterocycles. The van der Waals surface area contributed by atoms with Crippen LogP contribution in [0.25, 0.3) is 6.20 Å². The highest BCUT2D eigenvalue weighted by Crippen LogP contribution is 1.93. The molecule has 1 N–H and O–H groups in total. The molecule has 0 unspecified atom stereocenters. The Morgan fingerprint density at radius 3 is 2.57 bits per heavy atom. The quantitative estimate of drug-likeness (QED) is 0.666. The van der Waals surface area contributed by atoms with Gasteiger partial charge in [0.15, 0.2) is 0 Å². The molecule has 1 aromatic rings. The zero-order chi connectivity index (χ0) is 10.7. The minimum atomic E-state index is -1.14. The highest BCUT2D eigenvalue weighted by Gasteiger charge is 2.07. The monoisotopic (exact) mass is 198 g/mol. The topological polar surface area (TPSA) is 90.0 Å². The van der Waals surface area contributed by atoms with Crippen molar-refractivity contribution >= 4 is 12.2 Å². The van der Waals surface area contributed by atoms with Gasteiger partial charge in [-0.25, -0.2) is 9.59 Å². The summed E-state index contributed by atoms with van der Waals surface area (Å²) in [7, 11) is 0. The third-order valence-electron chi connectivity index (χ3n) is 1.47. The Balaban J connectivity index is 3.02. The van der Waals surface area contributed by atoms with E-state index in [2.05, 4.69) is 10.4 Å². The number of rotatable bonds is 3. The zero-order valence-corrected chi connectivity index (χ0v) is 7.78. The highest BCUT2D eigenvalue weighted by atomic mass is 16.4. The molecule has 0 bridgehead atoms. The number of tetrazole rings is 1. The number of aliphatic carboxylic acids is 1. The van der Waals surface area contributed by atoms with E-state index in [1.54, 1.807) is 13.8 Å². The maximum Gasteiger partial charge on any atom is 0.368 e. The van der Waals surface area contributed by atoms with E-state index in [0.29, 0.717) is 0 Å². The Bertz CT molecular complexity index is 415. The van der Waals surface area contributed by atoms with Crippen molar-refractivity contribution in [1.29, 1.82) is 0 Å². The molecule has 14 heavy (non-hydrogen) atoms. The molecule has 0 aliphatic heterocycles. The lowest BCUT2D eigenvalue weighted by Crippen LogP contribution is -2.24. The molecule has 0 saturated carbocycles. The van der Waals surface area contributed by atoms with Gasteiger partial charge in [0.25, 0.3) is 0 Å². The molecule has 7 heteroatoms. The SMILES string of the molecule is CC(C)n1nnn(C=CC(=O)O)c1=O. The summed E-state index contributed by atoms with van der Waals surface area (Å²) >= 11 is 0. The van der Waals surface area contributed by atoms with E-state index in [-0.39, 0.29) is 6.04 Å². The Morgan fingerprint density at radius 1 is 1.50 bits per heavy atom. The van der Waals surface area contributed by atoms with E-state index < -0.39 is 11.7 Å². The van der Waals surface area contributed by atoms with Crippen LogP contribution in [-0.2, 0) is 4.79 Å². The lowest BCUT2D eigenvalue weighted by atomic mass is 10.4. The van der Waals surface area contributed by atoms with Gasteiger partial charge in [-0.3, -0.25) is 0 Å². The summed E-state index contributed by atoms with van der Waals surface area (Å²) in [5.41, 5.74) is -0.461. The van der Waals surface area contributed by atoms with Gasteiger partial charge in [-0.1, -0.05) is 0 Å². The number of aromatic nitrogens is 4. The summed E-state index contributed by atoms with van der Waals surface area (Å²) < 4.78 is 2.03. The molecule has 0 aliphatic rings. The lowest BCUT2D eigenvalue weighted by molar-refractivity contribution is -0.131. The number of hydrogen-bond donors (Lipinski definition) is 1. The van der Waals surface area contributed by atoms with E-state index in [4.69, 9.17) is 5.11 Å². The van der Waals surface area contributed by atoms with Crippen molar-refractivity contribution in [2.75, 3.05) is 0 Å². The first-order valence-electron chi connectivity index (χ1n) is 3.97. The van der Waals surface area contributed by atoms with Gasteiger partial charge in [0.1, 0.15) is 0 Å². The summed E-state index contributed by atoms with van der Waals surface area (Å²) in [5, 5.41) is 15.4. The number of nitrogens with zero attached hydrogens (tertiary/aromatic N) is 4. The van der Waals surface area contributed by atoms with Crippen LogP contribution in [0.2, 0.25) is 0 Å². The van der Waals surface area contributed by atoms with Gasteiger partial charge < -0.3 is 5.11 Å². The van der Waals surface area contributed by atoms with Crippen LogP contribution in [0.15, 0.2) is 10.9 Å². The fraction of sp³-hybridized carbons (Fsp3) is 0.429. The van der Waals surface area contributed by atoms with Gasteiger partial charge in [0, 0.05) is 12.3 Å². The molecule has 0 fully saturated rings. The molecule has 0 aromatic carbocycles. The van der Waals surface area contributed by atoms with Gasteiger partial charge in [-0.2, -0.15) is 9.36 Å². The van der Waals surface area contributed by atoms with Crippen LogP contribution in [0, 0.1) is 0 Å². The number of hydrogen-bond acceptors (Lipinski definition) is 4. The molecule has 76 valence electrons. The molecule has 1 heterocycles. The van der Waals surface area contributed by atoms with Crippen molar-refractivity contribution in [3.8, 4) is 0 Å². The van der Waals surface area contributed by atoms with Crippen molar-refractivity contribution in [3.05, 3.63) is 16.6 Å². The predicted octanol–water partition coefficient (Wildman–Crippen LogP) is -0.424. The van der Waals surface area contributed by atoms with Gasteiger partial charge >= 0.3 is 11.7 Å². The van der Waals surface area contributed by atoms with Crippen LogP contribution in [-0.4, -0.2) is 30.9 Å². The minimum absolute atomic E-state index is 0.102. The average molecular weight is 198 g/mol. The number of carboxylic acids is 1. The minimum Gasteiger partial charge on any atom is -0.478 e. The fourth-order valence-electron chi connectivity index (χ4n) is 0.820. The number of carbonyl (C=O) groups is 1. The first-order chi connectivity index (χ1) is 6.52. The lowest BCUT2D eigenvalue weighted by Gasteiger charge is -1.98. The van der Waals surface area contributed by atoms with Gasteiger partial charge in [-0.15, -0.1) is 0 Å². The molecular weight excluding hydrogens is 188 g/mol. The van der Waals surface area contributed by atoms with Crippen LogP contribution in [0.5, 0.6) is 0 Å². The third kappa shape index (κ3) is 2.06. The molecule has 7 nitrogen and oxygen atoms in total. The normalized spacial score (nSPS) is 11.4. The van der Waals surface area contributed by atoms with Crippen molar-refractivity contribution in [2.24, 2.45) is 0 Å². The molecule has 0 aliphatic carbocycles. The van der Waals surface area contributed by atoms with Crippen molar-refractivity contribution < 1.29 is 9.90 Å². The molecule has 0 amide bonds. The molecule has 1 aromatic heterocycles. The van der Waals surface area contributed by atoms with Crippen molar-refractivity contribution in [2.45, 2.75) is 19.9 Å². The smallest absolute Gasteiger partial charge is 0.368 e. The maximum atomic E-state index is 11.4. The van der Waals surface area contributed by atoms with E-state index >= 15 is 0 Å². The van der Waals surface area contributed by atoms with E-state index in [1.807, 2.05) is 0 Å². The average Bonchev–Trinajstić information content (AvgIpc) is 2.43. The van der Waals surface area contributed by atoms with Gasteiger partial charge in [-0.05, 0) is 24.3 Å². The zero-order valence-electron chi connectivity index (χ0n) is 7.78. The summed E-state index contributed by atoms with van der Waals surface area (Å²) in [6, 6.07) is -0.102. The van der Waals surface area contributed by atoms with Crippen molar-refractivity contribution in [1.82, 2.24) is 19.8 Å². The summed E-state index contributed by atoms with van der Waals surface area (Å²) in [6.45, 7) is 3.56. The van der Waals surface area contributed by atoms with Crippen LogP contribution in [0.4, 0.5) is 0 Å². The second kappa shape index (κ2) is 3.86. The Morgan fingerprint density at radius 2 is 2.14 bits per heavy atom. The first-order valence-corrected chi connectivity index (χ1v) is 3.97. The standard InChI is InChI=1S/C7H10N4O3/c1-5(2)11-7(14)10(8-9-11)4-3-6(12)13/h3-5H,1-2H3,(H,12,13). The second-order valence-corrected chi connectivity index (χ2v) is 2.90. The Kier molecular flexibility index (Phi) is 2.80. The summed E-state index contributed by atoms with van der Waals surface area (Å²) in [5.74, 6) is -1.14. The van der Waals surface area contributed by atoms with Crippen LogP contribution < -0.4 is 5.69 Å². The van der Waals surface area contributed by atoms with E-state index in [9.17, 15) is 9.59 Å². The van der Waals surface area contributed by atoms with Gasteiger partial charge in [0.2, 0.25) is 0 Å². The molecule has 0 spiro atoms. The van der Waals surface area contributed by atoms with Gasteiger partial charge in [0.05, 0.1) is 6.04 Å². The van der Waals surface area contributed by atoms with Crippen LogP contribution in [0.3, 0.4) is 0 Å².